The average molecular weight is 425 g/mol. The molecule has 0 aliphatic carbocycles. The van der Waals surface area contributed by atoms with Gasteiger partial charge in [0.1, 0.15) is 0 Å². The number of piperazine rings is 1. The predicted octanol–water partition coefficient (Wildman–Crippen LogP) is 1.51. The van der Waals surface area contributed by atoms with Crippen molar-refractivity contribution in [1.29, 1.82) is 0 Å². The van der Waals surface area contributed by atoms with Gasteiger partial charge in [-0.2, -0.15) is 4.31 Å². The summed E-state index contributed by atoms with van der Waals surface area (Å²) < 4.78 is 26.9. The second-order valence-corrected chi connectivity index (χ2v) is 9.65. The van der Waals surface area contributed by atoms with E-state index in [1.54, 1.807) is 4.31 Å². The molecule has 1 aliphatic rings. The molecule has 4 rings (SSSR count). The molecule has 30 heavy (non-hydrogen) atoms. The van der Waals surface area contributed by atoms with E-state index < -0.39 is 10.0 Å². The van der Waals surface area contributed by atoms with E-state index in [1.807, 2.05) is 72.8 Å². The highest BCUT2D eigenvalue weighted by Gasteiger charge is 2.30. The number of quaternary nitrogens is 1. The number of rotatable bonds is 6. The molecule has 0 saturated carbocycles. The van der Waals surface area contributed by atoms with Crippen molar-refractivity contribution in [2.24, 2.45) is 0 Å². The molecule has 1 saturated heterocycles. The maximum atomic E-state index is 12.7. The van der Waals surface area contributed by atoms with Crippen LogP contribution in [0, 0.1) is 0 Å². The number of anilines is 1. The van der Waals surface area contributed by atoms with Crippen LogP contribution in [0.4, 0.5) is 5.69 Å². The monoisotopic (exact) mass is 424 g/mol. The zero-order valence-electron chi connectivity index (χ0n) is 16.8. The molecule has 0 radical (unpaired) electrons. The van der Waals surface area contributed by atoms with Crippen molar-refractivity contribution in [3.05, 3.63) is 78.4 Å². The standard InChI is InChI=1S/C23H25N3O3S/c27-23(24-22-11-10-20-8-4-5-9-21(20)16-22)17-25-12-14-26(15-13-25)30(28,29)18-19-6-2-1-3-7-19/h1-11,16H,12-15,17-18H2,(H,24,27)/p+1. The van der Waals surface area contributed by atoms with E-state index >= 15 is 0 Å². The van der Waals surface area contributed by atoms with Crippen molar-refractivity contribution in [3.8, 4) is 0 Å². The molecule has 3 aromatic carbocycles. The van der Waals surface area contributed by atoms with Gasteiger partial charge in [-0.1, -0.05) is 60.7 Å². The van der Waals surface area contributed by atoms with Crippen LogP contribution in [-0.4, -0.2) is 51.4 Å². The van der Waals surface area contributed by atoms with E-state index in [0.29, 0.717) is 32.7 Å². The van der Waals surface area contributed by atoms with Crippen LogP contribution in [0.5, 0.6) is 0 Å². The van der Waals surface area contributed by atoms with Crippen molar-refractivity contribution in [2.45, 2.75) is 5.75 Å². The summed E-state index contributed by atoms with van der Waals surface area (Å²) in [5.41, 5.74) is 1.57. The third-order valence-electron chi connectivity index (χ3n) is 5.46. The molecule has 1 heterocycles. The van der Waals surface area contributed by atoms with Crippen molar-refractivity contribution >= 4 is 32.4 Å². The topological polar surface area (TPSA) is 70.9 Å². The van der Waals surface area contributed by atoms with Crippen LogP contribution in [0.2, 0.25) is 0 Å². The molecule has 3 aromatic rings. The Hall–Kier alpha value is -2.74. The van der Waals surface area contributed by atoms with Crippen LogP contribution < -0.4 is 10.2 Å². The molecule has 1 fully saturated rings. The summed E-state index contributed by atoms with van der Waals surface area (Å²) in [6, 6.07) is 23.1. The Morgan fingerprint density at radius 2 is 1.57 bits per heavy atom. The Bertz CT molecular complexity index is 1120. The molecule has 1 aliphatic heterocycles. The maximum absolute atomic E-state index is 12.7. The SMILES string of the molecule is O=C(C[NH+]1CCN(S(=O)(=O)Cc2ccccc2)CC1)Nc1ccc2ccccc2c1. The van der Waals surface area contributed by atoms with Crippen molar-refractivity contribution < 1.29 is 18.1 Å². The molecule has 0 aromatic heterocycles. The van der Waals surface area contributed by atoms with Gasteiger partial charge in [0.05, 0.1) is 31.9 Å². The molecule has 7 heteroatoms. The smallest absolute Gasteiger partial charge is 0.279 e. The first kappa shape index (κ1) is 20.5. The largest absolute Gasteiger partial charge is 0.325 e. The minimum atomic E-state index is -3.34. The summed E-state index contributed by atoms with van der Waals surface area (Å²) in [5.74, 6) is -0.0353. The lowest BCUT2D eigenvalue weighted by Crippen LogP contribution is -3.15. The normalized spacial score (nSPS) is 15.9. The first-order valence-electron chi connectivity index (χ1n) is 10.1. The summed E-state index contributed by atoms with van der Waals surface area (Å²) in [6.07, 6.45) is 0. The van der Waals surface area contributed by atoms with Gasteiger partial charge < -0.3 is 10.2 Å². The fourth-order valence-electron chi connectivity index (χ4n) is 3.83. The minimum absolute atomic E-state index is 0.0195. The zero-order valence-corrected chi connectivity index (χ0v) is 17.6. The van der Waals surface area contributed by atoms with Crippen LogP contribution in [0.1, 0.15) is 5.56 Å². The van der Waals surface area contributed by atoms with E-state index in [4.69, 9.17) is 0 Å². The van der Waals surface area contributed by atoms with Gasteiger partial charge in [0.2, 0.25) is 10.0 Å². The van der Waals surface area contributed by atoms with Gasteiger partial charge in [-0.15, -0.1) is 0 Å². The molecule has 0 atom stereocenters. The molecular weight excluding hydrogens is 398 g/mol. The fraction of sp³-hybridized carbons (Fsp3) is 0.261. The molecule has 2 N–H and O–H groups in total. The van der Waals surface area contributed by atoms with E-state index in [2.05, 4.69) is 5.32 Å². The Morgan fingerprint density at radius 3 is 2.30 bits per heavy atom. The van der Waals surface area contributed by atoms with Crippen LogP contribution in [0.3, 0.4) is 0 Å². The fourth-order valence-corrected chi connectivity index (χ4v) is 5.37. The Kier molecular flexibility index (Phi) is 6.13. The summed E-state index contributed by atoms with van der Waals surface area (Å²) in [4.78, 5) is 13.6. The van der Waals surface area contributed by atoms with Crippen molar-refractivity contribution in [2.75, 3.05) is 38.0 Å². The highest BCUT2D eigenvalue weighted by atomic mass is 32.2. The summed E-state index contributed by atoms with van der Waals surface area (Å²) in [5, 5.41) is 5.18. The van der Waals surface area contributed by atoms with E-state index in [-0.39, 0.29) is 11.7 Å². The van der Waals surface area contributed by atoms with Crippen molar-refractivity contribution in [1.82, 2.24) is 4.31 Å². The minimum Gasteiger partial charge on any atom is -0.325 e. The number of amides is 1. The number of sulfonamides is 1. The highest BCUT2D eigenvalue weighted by molar-refractivity contribution is 7.88. The first-order valence-corrected chi connectivity index (χ1v) is 11.7. The zero-order chi connectivity index (χ0) is 21.0. The van der Waals surface area contributed by atoms with Gasteiger partial charge >= 0.3 is 0 Å². The lowest BCUT2D eigenvalue weighted by atomic mass is 10.1. The number of fused-ring (bicyclic) bond motifs is 1. The number of nitrogens with one attached hydrogen (secondary N) is 2. The highest BCUT2D eigenvalue weighted by Crippen LogP contribution is 2.18. The molecule has 0 unspecified atom stereocenters. The number of carbonyl (C=O) groups excluding carboxylic acids is 1. The number of benzene rings is 3. The van der Waals surface area contributed by atoms with E-state index in [1.165, 1.54) is 0 Å². The van der Waals surface area contributed by atoms with Crippen molar-refractivity contribution in [3.63, 3.8) is 0 Å². The lowest BCUT2D eigenvalue weighted by Gasteiger charge is -2.31. The molecule has 6 nitrogen and oxygen atoms in total. The van der Waals surface area contributed by atoms with Crippen LogP contribution in [0.25, 0.3) is 10.8 Å². The predicted molar refractivity (Wildman–Crippen MR) is 119 cm³/mol. The molecule has 0 bridgehead atoms. The Morgan fingerprint density at radius 1 is 0.900 bits per heavy atom. The molecule has 1 amide bonds. The number of carbonyl (C=O) groups is 1. The third kappa shape index (κ3) is 5.05. The van der Waals surface area contributed by atoms with Gasteiger partial charge in [0, 0.05) is 5.69 Å². The lowest BCUT2D eigenvalue weighted by molar-refractivity contribution is -0.895. The summed E-state index contributed by atoms with van der Waals surface area (Å²) >= 11 is 0. The van der Waals surface area contributed by atoms with Gasteiger partial charge in [0.15, 0.2) is 6.54 Å². The number of hydrogen-bond donors (Lipinski definition) is 2. The number of hydrogen-bond acceptors (Lipinski definition) is 3. The Labute approximate surface area is 177 Å². The van der Waals surface area contributed by atoms with E-state index in [9.17, 15) is 13.2 Å². The first-order chi connectivity index (χ1) is 14.5. The quantitative estimate of drug-likeness (QED) is 0.630. The average Bonchev–Trinajstić information content (AvgIpc) is 2.74. The van der Waals surface area contributed by atoms with E-state index in [0.717, 1.165) is 26.9 Å². The van der Waals surface area contributed by atoms with Gasteiger partial charge in [-0.25, -0.2) is 8.42 Å². The van der Waals surface area contributed by atoms with Gasteiger partial charge in [0.25, 0.3) is 5.91 Å². The maximum Gasteiger partial charge on any atom is 0.279 e. The van der Waals surface area contributed by atoms with Gasteiger partial charge in [-0.3, -0.25) is 4.79 Å². The summed E-state index contributed by atoms with van der Waals surface area (Å²) in [6.45, 7) is 2.46. The molecular formula is C23H26N3O3S+. The molecule has 156 valence electrons. The second kappa shape index (κ2) is 8.95. The van der Waals surface area contributed by atoms with Crippen LogP contribution >= 0.6 is 0 Å². The van der Waals surface area contributed by atoms with Crippen LogP contribution in [0.15, 0.2) is 72.8 Å². The number of nitrogens with zero attached hydrogens (tertiary/aromatic N) is 1. The molecule has 0 spiro atoms. The second-order valence-electron chi connectivity index (χ2n) is 7.68. The van der Waals surface area contributed by atoms with Gasteiger partial charge in [-0.05, 0) is 28.5 Å². The third-order valence-corrected chi connectivity index (χ3v) is 7.31. The Balaban J connectivity index is 1.29. The van der Waals surface area contributed by atoms with Crippen LogP contribution in [-0.2, 0) is 20.6 Å². The summed E-state index contributed by atoms with van der Waals surface area (Å²) in [7, 11) is -3.34.